The first-order valence-electron chi connectivity index (χ1n) is 3.99. The van der Waals surface area contributed by atoms with E-state index in [4.69, 9.17) is 0 Å². The number of rotatable bonds is 1. The minimum Gasteiger partial charge on any atom is -0.207 e. The van der Waals surface area contributed by atoms with Crippen molar-refractivity contribution in [1.82, 2.24) is 0 Å². The maximum atomic E-state index is 13.0. The van der Waals surface area contributed by atoms with Gasteiger partial charge in [0.05, 0.1) is 0 Å². The zero-order valence-electron chi connectivity index (χ0n) is 6.97. The topological polar surface area (TPSA) is 0 Å². The third kappa shape index (κ3) is 2.04. The van der Waals surface area contributed by atoms with E-state index >= 15 is 0 Å². The molecule has 0 amide bonds. The van der Waals surface area contributed by atoms with Crippen molar-refractivity contribution < 1.29 is 4.39 Å². The number of allylic oxidation sites excluding steroid dienone is 6. The average Bonchev–Trinajstić information content (AvgIpc) is 2.13. The van der Waals surface area contributed by atoms with Crippen LogP contribution >= 0.6 is 0 Å². The Hall–Kier alpha value is -0.850. The second-order valence-electron chi connectivity index (χ2n) is 2.80. The normalized spacial score (nSPS) is 24.1. The van der Waals surface area contributed by atoms with Crippen LogP contribution in [0.25, 0.3) is 0 Å². The monoisotopic (exact) mass is 152 g/mol. The molecule has 0 N–H and O–H groups in total. The molecule has 60 valence electrons. The largest absolute Gasteiger partial charge is 0.207 e. The Bertz CT molecular complexity index is 221. The van der Waals surface area contributed by atoms with E-state index in [1.165, 1.54) is 6.08 Å². The van der Waals surface area contributed by atoms with Gasteiger partial charge < -0.3 is 0 Å². The Morgan fingerprint density at radius 3 is 2.91 bits per heavy atom. The van der Waals surface area contributed by atoms with Gasteiger partial charge in [0, 0.05) is 0 Å². The Morgan fingerprint density at radius 2 is 2.27 bits per heavy atom. The highest BCUT2D eigenvalue weighted by Gasteiger charge is 2.04. The molecular formula is C10H13F. The SMILES string of the molecule is CCC1=CC(C)C=CC=C1F. The summed E-state index contributed by atoms with van der Waals surface area (Å²) >= 11 is 0. The lowest BCUT2D eigenvalue weighted by atomic mass is 10.1. The van der Waals surface area contributed by atoms with Crippen molar-refractivity contribution in [2.45, 2.75) is 20.3 Å². The molecule has 0 aromatic carbocycles. The summed E-state index contributed by atoms with van der Waals surface area (Å²) < 4.78 is 13.0. The number of hydrogen-bond donors (Lipinski definition) is 0. The van der Waals surface area contributed by atoms with Crippen LogP contribution in [0, 0.1) is 5.92 Å². The van der Waals surface area contributed by atoms with E-state index in [0.29, 0.717) is 5.92 Å². The predicted molar refractivity (Wildman–Crippen MR) is 45.9 cm³/mol. The number of hydrogen-bond acceptors (Lipinski definition) is 0. The van der Waals surface area contributed by atoms with E-state index in [0.717, 1.165) is 12.0 Å². The molecule has 0 aromatic rings. The zero-order chi connectivity index (χ0) is 8.27. The van der Waals surface area contributed by atoms with Crippen LogP contribution in [0.5, 0.6) is 0 Å². The molecule has 0 radical (unpaired) electrons. The third-order valence-electron chi connectivity index (χ3n) is 1.81. The van der Waals surface area contributed by atoms with Crippen LogP contribution in [-0.2, 0) is 0 Å². The van der Waals surface area contributed by atoms with E-state index in [2.05, 4.69) is 6.92 Å². The van der Waals surface area contributed by atoms with Gasteiger partial charge in [-0.25, -0.2) is 4.39 Å². The fourth-order valence-electron chi connectivity index (χ4n) is 1.16. The Morgan fingerprint density at radius 1 is 1.55 bits per heavy atom. The highest BCUT2D eigenvalue weighted by atomic mass is 19.1. The summed E-state index contributed by atoms with van der Waals surface area (Å²) in [5.41, 5.74) is 0.822. The van der Waals surface area contributed by atoms with Gasteiger partial charge in [-0.1, -0.05) is 32.1 Å². The first kappa shape index (κ1) is 8.25. The molecule has 0 nitrogen and oxygen atoms in total. The molecule has 1 aliphatic rings. The fourth-order valence-corrected chi connectivity index (χ4v) is 1.16. The maximum absolute atomic E-state index is 13.0. The second-order valence-corrected chi connectivity index (χ2v) is 2.80. The smallest absolute Gasteiger partial charge is 0.126 e. The highest BCUT2D eigenvalue weighted by Crippen LogP contribution is 2.20. The van der Waals surface area contributed by atoms with E-state index in [1.54, 1.807) is 6.08 Å². The summed E-state index contributed by atoms with van der Waals surface area (Å²) in [6.07, 6.45) is 8.03. The van der Waals surface area contributed by atoms with Crippen molar-refractivity contribution in [2.75, 3.05) is 0 Å². The van der Waals surface area contributed by atoms with Gasteiger partial charge in [0.1, 0.15) is 5.83 Å². The fraction of sp³-hybridized carbons (Fsp3) is 0.400. The van der Waals surface area contributed by atoms with Crippen LogP contribution in [-0.4, -0.2) is 0 Å². The lowest BCUT2D eigenvalue weighted by molar-refractivity contribution is 0.641. The lowest BCUT2D eigenvalue weighted by Gasteiger charge is -2.01. The van der Waals surface area contributed by atoms with Gasteiger partial charge in [0.15, 0.2) is 0 Å². The van der Waals surface area contributed by atoms with Gasteiger partial charge in [-0.05, 0) is 24.0 Å². The lowest BCUT2D eigenvalue weighted by Crippen LogP contribution is -1.86. The van der Waals surface area contributed by atoms with E-state index < -0.39 is 0 Å². The van der Waals surface area contributed by atoms with Gasteiger partial charge in [0.25, 0.3) is 0 Å². The molecule has 1 aliphatic carbocycles. The summed E-state index contributed by atoms with van der Waals surface area (Å²) in [6.45, 7) is 4.02. The Balaban J connectivity index is 2.89. The Kier molecular flexibility index (Phi) is 2.64. The summed E-state index contributed by atoms with van der Waals surface area (Å²) in [7, 11) is 0. The molecule has 0 saturated carbocycles. The van der Waals surface area contributed by atoms with E-state index in [9.17, 15) is 4.39 Å². The minimum atomic E-state index is -0.0897. The van der Waals surface area contributed by atoms with Crippen molar-refractivity contribution in [1.29, 1.82) is 0 Å². The quantitative estimate of drug-likeness (QED) is 0.540. The summed E-state index contributed by atoms with van der Waals surface area (Å²) in [5, 5.41) is 0. The minimum absolute atomic E-state index is 0.0897. The van der Waals surface area contributed by atoms with Crippen molar-refractivity contribution in [3.63, 3.8) is 0 Å². The average molecular weight is 152 g/mol. The molecule has 0 saturated heterocycles. The van der Waals surface area contributed by atoms with Gasteiger partial charge in [-0.2, -0.15) is 0 Å². The van der Waals surface area contributed by atoms with Crippen molar-refractivity contribution in [3.8, 4) is 0 Å². The van der Waals surface area contributed by atoms with Crippen LogP contribution in [0.1, 0.15) is 20.3 Å². The van der Waals surface area contributed by atoms with Gasteiger partial charge in [-0.3, -0.25) is 0 Å². The summed E-state index contributed by atoms with van der Waals surface area (Å²) in [6, 6.07) is 0. The number of halogens is 1. The second kappa shape index (κ2) is 3.51. The van der Waals surface area contributed by atoms with Crippen LogP contribution < -0.4 is 0 Å². The molecule has 0 bridgehead atoms. The third-order valence-corrected chi connectivity index (χ3v) is 1.81. The molecule has 11 heavy (non-hydrogen) atoms. The van der Waals surface area contributed by atoms with Gasteiger partial charge >= 0.3 is 0 Å². The first-order valence-corrected chi connectivity index (χ1v) is 3.99. The Labute approximate surface area is 67.1 Å². The van der Waals surface area contributed by atoms with Gasteiger partial charge in [-0.15, -0.1) is 0 Å². The van der Waals surface area contributed by atoms with Crippen LogP contribution in [0.3, 0.4) is 0 Å². The van der Waals surface area contributed by atoms with E-state index in [1.807, 2.05) is 19.1 Å². The summed E-state index contributed by atoms with van der Waals surface area (Å²) in [5.74, 6) is 0.266. The van der Waals surface area contributed by atoms with Crippen LogP contribution in [0.4, 0.5) is 4.39 Å². The van der Waals surface area contributed by atoms with Gasteiger partial charge in [0.2, 0.25) is 0 Å². The van der Waals surface area contributed by atoms with Crippen molar-refractivity contribution in [3.05, 3.63) is 35.7 Å². The molecule has 1 heteroatoms. The maximum Gasteiger partial charge on any atom is 0.126 e. The molecular weight excluding hydrogens is 139 g/mol. The first-order chi connectivity index (χ1) is 5.24. The molecule has 0 aliphatic heterocycles. The van der Waals surface area contributed by atoms with Crippen LogP contribution in [0.15, 0.2) is 35.7 Å². The molecule has 1 unspecified atom stereocenters. The predicted octanol–water partition coefficient (Wildman–Crippen LogP) is 3.38. The molecule has 1 rings (SSSR count). The molecule has 0 fully saturated rings. The molecule has 0 heterocycles. The highest BCUT2D eigenvalue weighted by molar-refractivity contribution is 5.32. The molecule has 0 spiro atoms. The molecule has 1 atom stereocenters. The van der Waals surface area contributed by atoms with Crippen molar-refractivity contribution in [2.24, 2.45) is 5.92 Å². The van der Waals surface area contributed by atoms with Crippen LogP contribution in [0.2, 0.25) is 0 Å². The molecule has 0 aromatic heterocycles. The van der Waals surface area contributed by atoms with Crippen molar-refractivity contribution >= 4 is 0 Å². The summed E-state index contributed by atoms with van der Waals surface area (Å²) in [4.78, 5) is 0. The standard InChI is InChI=1S/C10H13F/c1-3-9-7-8(2)5-4-6-10(9)11/h4-8H,3H2,1-2H3. The zero-order valence-corrected chi connectivity index (χ0v) is 6.97. The van der Waals surface area contributed by atoms with E-state index in [-0.39, 0.29) is 5.83 Å².